The second kappa shape index (κ2) is 7.60. The van der Waals surface area contributed by atoms with Gasteiger partial charge in [-0.25, -0.2) is 0 Å². The Morgan fingerprint density at radius 3 is 1.63 bits per heavy atom. The molecule has 0 saturated heterocycles. The fourth-order valence-corrected chi connectivity index (χ4v) is 12.7. The van der Waals surface area contributed by atoms with Crippen LogP contribution in [0.15, 0.2) is 0 Å². The van der Waals surface area contributed by atoms with Crippen LogP contribution in [-0.2, 0) is 4.43 Å². The first-order valence-corrected chi connectivity index (χ1v) is 11.8. The molecule has 0 spiro atoms. The molecule has 0 aromatic rings. The maximum Gasteiger partial charge on any atom is 0.209 e. The summed E-state index contributed by atoms with van der Waals surface area (Å²) in [5, 5.41) is 0. The molecule has 0 radical (unpaired) electrons. The van der Waals surface area contributed by atoms with Crippen LogP contribution in [0.3, 0.4) is 0 Å². The van der Waals surface area contributed by atoms with Crippen LogP contribution in [0.4, 0.5) is 0 Å². The standard InChI is InChI=1S/C16H31BrOSi/c1-14(2)18-19(13-17,15-9-5-3-6-10-15)16-11-7-4-8-12-16/h14-16H,3-13H2,1-2H3. The van der Waals surface area contributed by atoms with Gasteiger partial charge in [0.25, 0.3) is 0 Å². The maximum atomic E-state index is 6.76. The van der Waals surface area contributed by atoms with Gasteiger partial charge in [-0.1, -0.05) is 80.1 Å². The fourth-order valence-electron chi connectivity index (χ4n) is 4.40. The summed E-state index contributed by atoms with van der Waals surface area (Å²) in [4.78, 5) is 1.17. The van der Waals surface area contributed by atoms with Crippen molar-refractivity contribution in [2.75, 3.05) is 4.95 Å². The third-order valence-corrected chi connectivity index (χ3v) is 13.1. The van der Waals surface area contributed by atoms with Gasteiger partial charge in [-0.2, -0.15) is 0 Å². The summed E-state index contributed by atoms with van der Waals surface area (Å²) < 4.78 is 6.76. The van der Waals surface area contributed by atoms with Crippen molar-refractivity contribution < 1.29 is 4.43 Å². The van der Waals surface area contributed by atoms with E-state index in [4.69, 9.17) is 4.43 Å². The van der Waals surface area contributed by atoms with Gasteiger partial charge in [0.05, 0.1) is 0 Å². The van der Waals surface area contributed by atoms with E-state index in [2.05, 4.69) is 29.8 Å². The van der Waals surface area contributed by atoms with Crippen LogP contribution in [0, 0.1) is 0 Å². The largest absolute Gasteiger partial charge is 0.413 e. The van der Waals surface area contributed by atoms with Gasteiger partial charge in [0.1, 0.15) is 0 Å². The number of halogens is 1. The lowest BCUT2D eigenvalue weighted by Gasteiger charge is -2.47. The van der Waals surface area contributed by atoms with Crippen molar-refractivity contribution >= 4 is 24.2 Å². The Kier molecular flexibility index (Phi) is 6.42. The van der Waals surface area contributed by atoms with Crippen LogP contribution in [0.1, 0.15) is 78.1 Å². The summed E-state index contributed by atoms with van der Waals surface area (Å²) in [6.45, 7) is 4.49. The lowest BCUT2D eigenvalue weighted by molar-refractivity contribution is 0.202. The molecule has 0 heterocycles. The van der Waals surface area contributed by atoms with Crippen molar-refractivity contribution in [1.82, 2.24) is 0 Å². The minimum atomic E-state index is -1.61. The predicted molar refractivity (Wildman–Crippen MR) is 89.4 cm³/mol. The second-order valence-corrected chi connectivity index (χ2v) is 12.7. The highest BCUT2D eigenvalue weighted by molar-refractivity contribution is 9.09. The summed E-state index contributed by atoms with van der Waals surface area (Å²) in [7, 11) is -1.61. The zero-order chi connectivity index (χ0) is 13.7. The molecule has 0 aliphatic heterocycles. The highest BCUT2D eigenvalue weighted by Crippen LogP contribution is 2.49. The summed E-state index contributed by atoms with van der Waals surface area (Å²) in [5.74, 6) is 0. The van der Waals surface area contributed by atoms with Crippen molar-refractivity contribution in [1.29, 1.82) is 0 Å². The van der Waals surface area contributed by atoms with Gasteiger partial charge in [0.2, 0.25) is 8.32 Å². The maximum absolute atomic E-state index is 6.76. The Labute approximate surface area is 129 Å². The topological polar surface area (TPSA) is 9.23 Å². The molecule has 0 aromatic carbocycles. The summed E-state index contributed by atoms with van der Waals surface area (Å²) in [6.07, 6.45) is 14.9. The summed E-state index contributed by atoms with van der Waals surface area (Å²) >= 11 is 3.91. The van der Waals surface area contributed by atoms with Crippen LogP contribution < -0.4 is 0 Å². The average Bonchev–Trinajstić information content (AvgIpc) is 2.46. The zero-order valence-electron chi connectivity index (χ0n) is 12.8. The first-order valence-electron chi connectivity index (χ1n) is 8.43. The molecule has 2 rings (SSSR count). The minimum Gasteiger partial charge on any atom is -0.413 e. The van der Waals surface area contributed by atoms with Crippen molar-refractivity contribution in [2.24, 2.45) is 0 Å². The van der Waals surface area contributed by atoms with Crippen molar-refractivity contribution in [3.8, 4) is 0 Å². The molecule has 3 heteroatoms. The molecular formula is C16H31BrOSi. The van der Waals surface area contributed by atoms with Crippen LogP contribution in [0.5, 0.6) is 0 Å². The normalized spacial score (nSPS) is 24.0. The Balaban J connectivity index is 2.17. The van der Waals surface area contributed by atoms with Gasteiger partial charge >= 0.3 is 0 Å². The Morgan fingerprint density at radius 2 is 1.32 bits per heavy atom. The van der Waals surface area contributed by atoms with Crippen LogP contribution in [-0.4, -0.2) is 19.4 Å². The molecule has 0 atom stereocenters. The van der Waals surface area contributed by atoms with Crippen LogP contribution >= 0.6 is 15.9 Å². The first-order chi connectivity index (χ1) is 9.19. The lowest BCUT2D eigenvalue weighted by atomic mass is 9.99. The van der Waals surface area contributed by atoms with Gasteiger partial charge in [-0.3, -0.25) is 0 Å². The van der Waals surface area contributed by atoms with Gasteiger partial charge in [-0.05, 0) is 24.9 Å². The van der Waals surface area contributed by atoms with Crippen molar-refractivity contribution in [3.05, 3.63) is 0 Å². The van der Waals surface area contributed by atoms with E-state index in [-0.39, 0.29) is 0 Å². The van der Waals surface area contributed by atoms with Crippen molar-refractivity contribution in [3.63, 3.8) is 0 Å². The molecule has 0 amide bonds. The van der Waals surface area contributed by atoms with Crippen LogP contribution in [0.2, 0.25) is 11.1 Å². The van der Waals surface area contributed by atoms with Gasteiger partial charge in [0, 0.05) is 11.1 Å². The van der Waals surface area contributed by atoms with Gasteiger partial charge < -0.3 is 4.43 Å². The summed E-state index contributed by atoms with van der Waals surface area (Å²) in [6, 6.07) is 0. The number of hydrogen-bond donors (Lipinski definition) is 0. The molecule has 2 aliphatic rings. The van der Waals surface area contributed by atoms with E-state index in [0.29, 0.717) is 6.10 Å². The molecule has 2 saturated carbocycles. The van der Waals surface area contributed by atoms with E-state index in [0.717, 1.165) is 11.1 Å². The third kappa shape index (κ3) is 3.85. The van der Waals surface area contributed by atoms with E-state index in [1.54, 1.807) is 0 Å². The predicted octanol–water partition coefficient (Wildman–Crippen LogP) is 5.96. The SMILES string of the molecule is CC(C)O[Si](CBr)(C1CCCCC1)C1CCCCC1. The Bertz CT molecular complexity index is 239. The Morgan fingerprint density at radius 1 is 0.895 bits per heavy atom. The molecule has 0 bridgehead atoms. The molecule has 0 N–H and O–H groups in total. The van der Waals surface area contributed by atoms with Gasteiger partial charge in [0.15, 0.2) is 0 Å². The van der Waals surface area contributed by atoms with E-state index < -0.39 is 8.32 Å². The minimum absolute atomic E-state index is 0.410. The highest BCUT2D eigenvalue weighted by Gasteiger charge is 2.49. The second-order valence-electron chi connectivity index (χ2n) is 6.93. The van der Waals surface area contributed by atoms with Crippen LogP contribution in [0.25, 0.3) is 0 Å². The Hall–Kier alpha value is 0.657. The molecule has 19 heavy (non-hydrogen) atoms. The fraction of sp³-hybridized carbons (Fsp3) is 1.00. The number of rotatable bonds is 5. The monoisotopic (exact) mass is 346 g/mol. The summed E-state index contributed by atoms with van der Waals surface area (Å²) in [5.41, 5.74) is 1.84. The van der Waals surface area contributed by atoms with Crippen molar-refractivity contribution in [2.45, 2.75) is 95.2 Å². The molecule has 0 aromatic heterocycles. The zero-order valence-corrected chi connectivity index (χ0v) is 15.4. The number of hydrogen-bond acceptors (Lipinski definition) is 1. The molecular weight excluding hydrogens is 316 g/mol. The van der Waals surface area contributed by atoms with Gasteiger partial charge in [-0.15, -0.1) is 0 Å². The molecule has 2 fully saturated rings. The molecule has 112 valence electrons. The smallest absolute Gasteiger partial charge is 0.209 e. The van der Waals surface area contributed by atoms with E-state index in [9.17, 15) is 0 Å². The molecule has 0 unspecified atom stereocenters. The quantitative estimate of drug-likeness (QED) is 0.440. The third-order valence-electron chi connectivity index (χ3n) is 5.26. The highest BCUT2D eigenvalue weighted by atomic mass is 79.9. The number of alkyl halides is 1. The van der Waals surface area contributed by atoms with E-state index in [1.807, 2.05) is 0 Å². The molecule has 1 nitrogen and oxygen atoms in total. The van der Waals surface area contributed by atoms with E-state index >= 15 is 0 Å². The molecule has 2 aliphatic carbocycles. The average molecular weight is 347 g/mol. The first kappa shape index (κ1) is 16.0. The lowest BCUT2D eigenvalue weighted by Crippen LogP contribution is -2.53. The van der Waals surface area contributed by atoms with E-state index in [1.165, 1.54) is 69.2 Å².